The highest BCUT2D eigenvalue weighted by molar-refractivity contribution is 9.10. The molecule has 0 radical (unpaired) electrons. The van der Waals surface area contributed by atoms with Gasteiger partial charge in [0.15, 0.2) is 0 Å². The standard InChI is InChI=1S/C28H25BrN4O3/c1-18(27(35)33-25-8-4-6-20-5-2-3-7-24(20)25)31-26(34)14-11-19-9-12-23(13-10-19)32-28(36)21-15-22(29)17-30-16-21/h2-10,12-13,15-18H,11,14H2,1H3,(H,31,34)(H,32,36)(H,33,35). The van der Waals surface area contributed by atoms with Gasteiger partial charge in [-0.25, -0.2) is 0 Å². The monoisotopic (exact) mass is 544 g/mol. The average Bonchev–Trinajstić information content (AvgIpc) is 2.88. The van der Waals surface area contributed by atoms with Gasteiger partial charge in [-0.3, -0.25) is 19.4 Å². The van der Waals surface area contributed by atoms with Crippen LogP contribution in [0.4, 0.5) is 11.4 Å². The van der Waals surface area contributed by atoms with Crippen molar-refractivity contribution in [2.24, 2.45) is 0 Å². The molecule has 8 heteroatoms. The minimum atomic E-state index is -0.679. The Morgan fingerprint density at radius 1 is 0.917 bits per heavy atom. The fourth-order valence-corrected chi connectivity index (χ4v) is 4.07. The summed E-state index contributed by atoms with van der Waals surface area (Å²) in [5.41, 5.74) is 2.75. The van der Waals surface area contributed by atoms with Crippen LogP contribution in [0.2, 0.25) is 0 Å². The second-order valence-corrected chi connectivity index (χ2v) is 9.26. The summed E-state index contributed by atoms with van der Waals surface area (Å²) in [4.78, 5) is 41.4. The minimum absolute atomic E-state index is 0.213. The Balaban J connectivity index is 1.25. The lowest BCUT2D eigenvalue weighted by Crippen LogP contribution is -2.41. The molecule has 0 spiro atoms. The number of aryl methyl sites for hydroxylation is 1. The fourth-order valence-electron chi connectivity index (χ4n) is 3.71. The summed E-state index contributed by atoms with van der Waals surface area (Å²) in [6.45, 7) is 1.66. The first-order valence-corrected chi connectivity index (χ1v) is 12.3. The van der Waals surface area contributed by atoms with Gasteiger partial charge in [0.2, 0.25) is 11.8 Å². The molecule has 0 saturated heterocycles. The van der Waals surface area contributed by atoms with Crippen LogP contribution in [0, 0.1) is 0 Å². The maximum Gasteiger partial charge on any atom is 0.257 e. The third-order valence-corrected chi connectivity index (χ3v) is 6.07. The van der Waals surface area contributed by atoms with Crippen molar-refractivity contribution < 1.29 is 14.4 Å². The number of hydrogen-bond acceptors (Lipinski definition) is 4. The molecule has 0 bridgehead atoms. The lowest BCUT2D eigenvalue weighted by molar-refractivity contribution is -0.126. The molecule has 1 unspecified atom stereocenters. The summed E-state index contributed by atoms with van der Waals surface area (Å²) >= 11 is 3.30. The molecule has 1 heterocycles. The van der Waals surface area contributed by atoms with Crippen molar-refractivity contribution in [1.29, 1.82) is 0 Å². The molecule has 3 amide bonds. The van der Waals surface area contributed by atoms with Gasteiger partial charge in [0, 0.05) is 40.0 Å². The number of amides is 3. The van der Waals surface area contributed by atoms with Gasteiger partial charge in [-0.15, -0.1) is 0 Å². The van der Waals surface area contributed by atoms with Crippen molar-refractivity contribution in [3.8, 4) is 0 Å². The van der Waals surface area contributed by atoms with Gasteiger partial charge in [-0.05, 0) is 64.5 Å². The molecule has 0 aliphatic rings. The number of nitrogens with one attached hydrogen (secondary N) is 3. The second-order valence-electron chi connectivity index (χ2n) is 8.35. The molecular formula is C28H25BrN4O3. The number of carbonyl (C=O) groups is 3. The first-order valence-electron chi connectivity index (χ1n) is 11.5. The van der Waals surface area contributed by atoms with Gasteiger partial charge in [0.05, 0.1) is 5.56 Å². The lowest BCUT2D eigenvalue weighted by atomic mass is 10.1. The maximum atomic E-state index is 12.6. The molecule has 0 fully saturated rings. The molecule has 0 saturated carbocycles. The number of aromatic nitrogens is 1. The zero-order chi connectivity index (χ0) is 25.5. The Morgan fingerprint density at radius 3 is 2.44 bits per heavy atom. The van der Waals surface area contributed by atoms with Gasteiger partial charge in [0.25, 0.3) is 5.91 Å². The number of rotatable bonds is 8. The first-order chi connectivity index (χ1) is 17.4. The highest BCUT2D eigenvalue weighted by atomic mass is 79.9. The summed E-state index contributed by atoms with van der Waals surface area (Å²) in [6.07, 6.45) is 3.85. The van der Waals surface area contributed by atoms with E-state index in [1.165, 1.54) is 6.20 Å². The molecular weight excluding hydrogens is 520 g/mol. The van der Waals surface area contributed by atoms with E-state index in [4.69, 9.17) is 0 Å². The lowest BCUT2D eigenvalue weighted by Gasteiger charge is -2.15. The highest BCUT2D eigenvalue weighted by Gasteiger charge is 2.16. The molecule has 4 aromatic rings. The Labute approximate surface area is 217 Å². The normalized spacial score (nSPS) is 11.5. The van der Waals surface area contributed by atoms with Crippen LogP contribution in [0.1, 0.15) is 29.3 Å². The van der Waals surface area contributed by atoms with E-state index in [0.29, 0.717) is 23.4 Å². The Kier molecular flexibility index (Phi) is 8.07. The molecule has 7 nitrogen and oxygen atoms in total. The third kappa shape index (κ3) is 6.55. The van der Waals surface area contributed by atoms with Crippen LogP contribution in [-0.2, 0) is 16.0 Å². The topological polar surface area (TPSA) is 100 Å². The highest BCUT2D eigenvalue weighted by Crippen LogP contribution is 2.23. The number of benzene rings is 3. The van der Waals surface area contributed by atoms with Crippen molar-refractivity contribution >= 4 is 55.8 Å². The van der Waals surface area contributed by atoms with Gasteiger partial charge in [-0.1, -0.05) is 48.5 Å². The number of nitrogens with zero attached hydrogens (tertiary/aromatic N) is 1. The number of hydrogen-bond donors (Lipinski definition) is 3. The zero-order valence-electron chi connectivity index (χ0n) is 19.6. The maximum absolute atomic E-state index is 12.6. The number of anilines is 2. The molecule has 1 atom stereocenters. The van der Waals surface area contributed by atoms with Crippen LogP contribution in [0.15, 0.2) is 89.7 Å². The predicted molar refractivity (Wildman–Crippen MR) is 145 cm³/mol. The minimum Gasteiger partial charge on any atom is -0.345 e. The average molecular weight is 545 g/mol. The van der Waals surface area contributed by atoms with Crippen LogP contribution in [0.3, 0.4) is 0 Å². The molecule has 0 aliphatic carbocycles. The molecule has 182 valence electrons. The van der Waals surface area contributed by atoms with E-state index in [1.54, 1.807) is 31.3 Å². The van der Waals surface area contributed by atoms with Crippen molar-refractivity contribution in [2.75, 3.05) is 10.6 Å². The van der Waals surface area contributed by atoms with Crippen molar-refractivity contribution in [3.05, 3.63) is 101 Å². The van der Waals surface area contributed by atoms with Gasteiger partial charge < -0.3 is 16.0 Å². The van der Waals surface area contributed by atoms with E-state index < -0.39 is 6.04 Å². The van der Waals surface area contributed by atoms with Crippen molar-refractivity contribution in [3.63, 3.8) is 0 Å². The number of carbonyl (C=O) groups excluding carboxylic acids is 3. The van der Waals surface area contributed by atoms with Crippen LogP contribution >= 0.6 is 15.9 Å². The summed E-state index contributed by atoms with van der Waals surface area (Å²) in [5, 5.41) is 10.5. The largest absolute Gasteiger partial charge is 0.345 e. The summed E-state index contributed by atoms with van der Waals surface area (Å²) in [7, 11) is 0. The van der Waals surface area contributed by atoms with Crippen LogP contribution in [0.5, 0.6) is 0 Å². The Hall–Kier alpha value is -4.04. The number of fused-ring (bicyclic) bond motifs is 1. The van der Waals surface area contributed by atoms with E-state index >= 15 is 0 Å². The Bertz CT molecular complexity index is 1400. The third-order valence-electron chi connectivity index (χ3n) is 5.64. The predicted octanol–water partition coefficient (Wildman–Crippen LogP) is 5.33. The molecule has 36 heavy (non-hydrogen) atoms. The molecule has 1 aromatic heterocycles. The van der Waals surface area contributed by atoms with E-state index in [-0.39, 0.29) is 24.1 Å². The zero-order valence-corrected chi connectivity index (χ0v) is 21.2. The van der Waals surface area contributed by atoms with E-state index in [2.05, 4.69) is 36.9 Å². The summed E-state index contributed by atoms with van der Waals surface area (Å²) < 4.78 is 0.726. The van der Waals surface area contributed by atoms with Gasteiger partial charge in [-0.2, -0.15) is 0 Å². The Morgan fingerprint density at radius 2 is 1.67 bits per heavy atom. The SMILES string of the molecule is CC(NC(=O)CCc1ccc(NC(=O)c2cncc(Br)c2)cc1)C(=O)Nc1cccc2ccccc12. The molecule has 4 rings (SSSR count). The summed E-state index contributed by atoms with van der Waals surface area (Å²) in [5.74, 6) is -0.748. The molecule has 3 N–H and O–H groups in total. The number of halogens is 1. The molecule has 3 aromatic carbocycles. The van der Waals surface area contributed by atoms with E-state index in [9.17, 15) is 14.4 Å². The van der Waals surface area contributed by atoms with Crippen molar-refractivity contribution in [2.45, 2.75) is 25.8 Å². The second kappa shape index (κ2) is 11.6. The van der Waals surface area contributed by atoms with Gasteiger partial charge in [0.1, 0.15) is 6.04 Å². The fraction of sp³-hybridized carbons (Fsp3) is 0.143. The van der Waals surface area contributed by atoms with E-state index in [0.717, 1.165) is 20.8 Å². The van der Waals surface area contributed by atoms with Crippen molar-refractivity contribution in [1.82, 2.24) is 10.3 Å². The molecule has 0 aliphatic heterocycles. The van der Waals surface area contributed by atoms with Crippen LogP contribution in [-0.4, -0.2) is 28.7 Å². The smallest absolute Gasteiger partial charge is 0.257 e. The van der Waals surface area contributed by atoms with Crippen LogP contribution in [0.25, 0.3) is 10.8 Å². The van der Waals surface area contributed by atoms with Crippen LogP contribution < -0.4 is 16.0 Å². The number of pyridine rings is 1. The quantitative estimate of drug-likeness (QED) is 0.279. The summed E-state index contributed by atoms with van der Waals surface area (Å²) in [6, 6.07) is 21.8. The first kappa shape index (κ1) is 25.1. The van der Waals surface area contributed by atoms with Gasteiger partial charge >= 0.3 is 0 Å². The van der Waals surface area contributed by atoms with E-state index in [1.807, 2.05) is 54.6 Å².